The van der Waals surface area contributed by atoms with Crippen LogP contribution < -0.4 is 10.6 Å². The first-order chi connectivity index (χ1) is 10.8. The molecule has 0 aromatic carbocycles. The van der Waals surface area contributed by atoms with Crippen molar-refractivity contribution in [3.8, 4) is 0 Å². The van der Waals surface area contributed by atoms with E-state index in [1.165, 1.54) is 12.8 Å². The zero-order valence-corrected chi connectivity index (χ0v) is 15.7. The lowest BCUT2D eigenvalue weighted by Crippen LogP contribution is -2.50. The lowest BCUT2D eigenvalue weighted by atomic mass is 10.0. The third kappa shape index (κ3) is 6.55. The van der Waals surface area contributed by atoms with Crippen LogP contribution in [0.1, 0.15) is 58.6 Å². The zero-order valence-electron chi connectivity index (χ0n) is 14.2. The molecule has 0 saturated heterocycles. The minimum atomic E-state index is -0.474. The Morgan fingerprint density at radius 3 is 2.57 bits per heavy atom. The van der Waals surface area contributed by atoms with Crippen molar-refractivity contribution < 1.29 is 13.9 Å². The van der Waals surface area contributed by atoms with E-state index in [0.29, 0.717) is 6.54 Å². The van der Waals surface area contributed by atoms with Crippen molar-refractivity contribution in [3.63, 3.8) is 0 Å². The maximum Gasteiger partial charge on any atom is 0.407 e. The number of nitrogens with one attached hydrogen (secondary N) is 2. The monoisotopic (exact) mass is 386 g/mol. The molecular weight excluding hydrogens is 360 g/mol. The third-order valence-corrected chi connectivity index (χ3v) is 4.31. The van der Waals surface area contributed by atoms with Gasteiger partial charge in [0.25, 0.3) is 0 Å². The largest absolute Gasteiger partial charge is 0.453 e. The van der Waals surface area contributed by atoms with E-state index in [-0.39, 0.29) is 18.2 Å². The SMILES string of the molecule is CC(C)(C)OC(=O)NC1CCCCCC1NCc1ccc(Br)o1. The van der Waals surface area contributed by atoms with Crippen molar-refractivity contribution in [1.82, 2.24) is 10.6 Å². The number of furan rings is 1. The van der Waals surface area contributed by atoms with Gasteiger partial charge >= 0.3 is 6.09 Å². The lowest BCUT2D eigenvalue weighted by Gasteiger charge is -2.28. The first-order valence-corrected chi connectivity index (χ1v) is 9.10. The van der Waals surface area contributed by atoms with Crippen molar-refractivity contribution >= 4 is 22.0 Å². The van der Waals surface area contributed by atoms with Crippen molar-refractivity contribution in [2.24, 2.45) is 0 Å². The fourth-order valence-corrected chi connectivity index (χ4v) is 3.20. The molecule has 5 nitrogen and oxygen atoms in total. The zero-order chi connectivity index (χ0) is 16.9. The molecule has 2 rings (SSSR count). The topological polar surface area (TPSA) is 63.5 Å². The van der Waals surface area contributed by atoms with Crippen LogP contribution in [-0.2, 0) is 11.3 Å². The van der Waals surface area contributed by atoms with Gasteiger partial charge in [-0.1, -0.05) is 19.3 Å². The Bertz CT molecular complexity index is 510. The minimum Gasteiger partial charge on any atom is -0.453 e. The molecule has 0 radical (unpaired) electrons. The van der Waals surface area contributed by atoms with Crippen molar-refractivity contribution in [1.29, 1.82) is 0 Å². The molecule has 23 heavy (non-hydrogen) atoms. The summed E-state index contributed by atoms with van der Waals surface area (Å²) in [5, 5.41) is 6.57. The van der Waals surface area contributed by atoms with Gasteiger partial charge in [0.2, 0.25) is 0 Å². The van der Waals surface area contributed by atoms with Gasteiger partial charge in [-0.05, 0) is 61.7 Å². The molecule has 1 aliphatic carbocycles. The van der Waals surface area contributed by atoms with Gasteiger partial charge in [-0.15, -0.1) is 0 Å². The van der Waals surface area contributed by atoms with Gasteiger partial charge < -0.3 is 19.8 Å². The predicted molar refractivity (Wildman–Crippen MR) is 93.3 cm³/mol. The highest BCUT2D eigenvalue weighted by atomic mass is 79.9. The van der Waals surface area contributed by atoms with Gasteiger partial charge in [0.05, 0.1) is 6.54 Å². The Labute approximate surface area is 146 Å². The maximum absolute atomic E-state index is 12.1. The first-order valence-electron chi connectivity index (χ1n) is 8.30. The highest BCUT2D eigenvalue weighted by molar-refractivity contribution is 9.10. The van der Waals surface area contributed by atoms with Crippen LogP contribution in [0.2, 0.25) is 0 Å². The minimum absolute atomic E-state index is 0.0887. The average Bonchev–Trinajstić information content (AvgIpc) is 2.72. The molecule has 1 aromatic heterocycles. The van der Waals surface area contributed by atoms with Gasteiger partial charge in [0.15, 0.2) is 4.67 Å². The summed E-state index contributed by atoms with van der Waals surface area (Å²) in [7, 11) is 0. The molecule has 2 atom stereocenters. The van der Waals surface area contributed by atoms with Crippen LogP contribution in [0.3, 0.4) is 0 Å². The molecule has 130 valence electrons. The van der Waals surface area contributed by atoms with E-state index in [2.05, 4.69) is 26.6 Å². The maximum atomic E-state index is 12.1. The number of halogens is 1. The highest BCUT2D eigenvalue weighted by Gasteiger charge is 2.27. The normalized spacial score (nSPS) is 22.4. The standard InChI is InChI=1S/C17H27BrN2O3/c1-17(2,3)23-16(21)20-14-8-6-4-5-7-13(14)19-11-12-9-10-15(18)22-12/h9-10,13-14,19H,4-8,11H2,1-3H3,(H,20,21). The summed E-state index contributed by atoms with van der Waals surface area (Å²) >= 11 is 3.32. The van der Waals surface area contributed by atoms with Crippen LogP contribution >= 0.6 is 15.9 Å². The molecule has 1 heterocycles. The Kier molecular flexibility index (Phi) is 6.53. The summed E-state index contributed by atoms with van der Waals surface area (Å²) in [5.74, 6) is 0.886. The number of alkyl carbamates (subject to hydrolysis) is 1. The number of ether oxygens (including phenoxy) is 1. The highest BCUT2D eigenvalue weighted by Crippen LogP contribution is 2.20. The molecule has 0 bridgehead atoms. The summed E-state index contributed by atoms with van der Waals surface area (Å²) in [6.07, 6.45) is 5.19. The number of amides is 1. The summed E-state index contributed by atoms with van der Waals surface area (Å²) in [4.78, 5) is 12.1. The van der Waals surface area contributed by atoms with Crippen molar-refractivity contribution in [2.45, 2.75) is 77.1 Å². The number of hydrogen-bond acceptors (Lipinski definition) is 4. The number of rotatable bonds is 4. The van der Waals surface area contributed by atoms with E-state index in [0.717, 1.165) is 29.7 Å². The van der Waals surface area contributed by atoms with Gasteiger partial charge in [0.1, 0.15) is 11.4 Å². The van der Waals surface area contributed by atoms with Crippen LogP contribution in [-0.4, -0.2) is 23.8 Å². The van der Waals surface area contributed by atoms with Gasteiger partial charge in [-0.25, -0.2) is 4.79 Å². The van der Waals surface area contributed by atoms with E-state index in [1.54, 1.807) is 0 Å². The fourth-order valence-electron chi connectivity index (χ4n) is 2.86. The van der Waals surface area contributed by atoms with E-state index in [1.807, 2.05) is 32.9 Å². The molecule has 6 heteroatoms. The number of carbonyl (C=O) groups is 1. The van der Waals surface area contributed by atoms with Crippen molar-refractivity contribution in [2.75, 3.05) is 0 Å². The number of carbonyl (C=O) groups excluding carboxylic acids is 1. The molecule has 1 saturated carbocycles. The Morgan fingerprint density at radius 1 is 1.26 bits per heavy atom. The van der Waals surface area contributed by atoms with Crippen molar-refractivity contribution in [3.05, 3.63) is 22.6 Å². The molecule has 0 spiro atoms. The molecule has 1 aromatic rings. The van der Waals surface area contributed by atoms with E-state index in [4.69, 9.17) is 9.15 Å². The third-order valence-electron chi connectivity index (χ3n) is 3.89. The van der Waals surface area contributed by atoms with E-state index in [9.17, 15) is 4.79 Å². The summed E-state index contributed by atoms with van der Waals surface area (Å²) in [6, 6.07) is 4.16. The molecule has 2 N–H and O–H groups in total. The molecular formula is C17H27BrN2O3. The summed E-state index contributed by atoms with van der Waals surface area (Å²) in [5.41, 5.74) is -0.474. The molecule has 1 amide bonds. The Balaban J connectivity index is 1.91. The van der Waals surface area contributed by atoms with Crippen LogP contribution in [0.25, 0.3) is 0 Å². The van der Waals surface area contributed by atoms with E-state index >= 15 is 0 Å². The Hall–Kier alpha value is -1.01. The molecule has 1 fully saturated rings. The van der Waals surface area contributed by atoms with Crippen LogP contribution in [0.4, 0.5) is 4.79 Å². The lowest BCUT2D eigenvalue weighted by molar-refractivity contribution is 0.0489. The Morgan fingerprint density at radius 2 is 1.96 bits per heavy atom. The predicted octanol–water partition coefficient (Wildman–Crippen LogP) is 4.36. The van der Waals surface area contributed by atoms with Gasteiger partial charge in [-0.3, -0.25) is 0 Å². The van der Waals surface area contributed by atoms with E-state index < -0.39 is 5.60 Å². The molecule has 0 aliphatic heterocycles. The fraction of sp³-hybridized carbons (Fsp3) is 0.706. The van der Waals surface area contributed by atoms with Gasteiger partial charge in [0, 0.05) is 12.1 Å². The van der Waals surface area contributed by atoms with Crippen LogP contribution in [0.15, 0.2) is 21.2 Å². The smallest absolute Gasteiger partial charge is 0.407 e. The second-order valence-electron chi connectivity index (χ2n) is 7.08. The number of hydrogen-bond donors (Lipinski definition) is 2. The first kappa shape index (κ1) is 18.3. The quantitative estimate of drug-likeness (QED) is 0.754. The van der Waals surface area contributed by atoms with Crippen LogP contribution in [0, 0.1) is 0 Å². The van der Waals surface area contributed by atoms with Gasteiger partial charge in [-0.2, -0.15) is 0 Å². The van der Waals surface area contributed by atoms with Crippen LogP contribution in [0.5, 0.6) is 0 Å². The molecule has 1 aliphatic rings. The average molecular weight is 387 g/mol. The second-order valence-corrected chi connectivity index (χ2v) is 7.87. The molecule has 2 unspecified atom stereocenters. The second kappa shape index (κ2) is 8.20. The summed E-state index contributed by atoms with van der Waals surface area (Å²) < 4.78 is 11.7. The summed E-state index contributed by atoms with van der Waals surface area (Å²) in [6.45, 7) is 6.29.